The third-order valence-corrected chi connectivity index (χ3v) is 8.09. The number of unbranched alkanes of at least 4 members (excludes halogenated alkanes) is 1. The van der Waals surface area contributed by atoms with Gasteiger partial charge >= 0.3 is 5.97 Å². The van der Waals surface area contributed by atoms with Crippen molar-refractivity contribution < 1.29 is 43.9 Å². The monoisotopic (exact) mass is 706 g/mol. The summed E-state index contributed by atoms with van der Waals surface area (Å²) in [6, 6.07) is 33.4. The number of carbonyl (C=O) groups is 3. The maximum atomic E-state index is 12.1. The van der Waals surface area contributed by atoms with Crippen molar-refractivity contribution >= 4 is 17.5 Å². The molecule has 1 unspecified atom stereocenters. The molecule has 52 heavy (non-hydrogen) atoms. The fraction of sp³-hybridized carbons (Fsp3) is 0.233. The van der Waals surface area contributed by atoms with Gasteiger partial charge in [0.15, 0.2) is 11.6 Å². The van der Waals surface area contributed by atoms with Crippen LogP contribution in [0.5, 0.6) is 28.7 Å². The Morgan fingerprint density at radius 2 is 1.04 bits per heavy atom. The van der Waals surface area contributed by atoms with Crippen LogP contribution in [0.1, 0.15) is 81.7 Å². The summed E-state index contributed by atoms with van der Waals surface area (Å²) in [7, 11) is 3.01. The van der Waals surface area contributed by atoms with Crippen LogP contribution >= 0.6 is 0 Å². The number of benzene rings is 5. The minimum Gasteiger partial charge on any atom is -0.507 e. The van der Waals surface area contributed by atoms with Gasteiger partial charge in [-0.1, -0.05) is 106 Å². The molecule has 0 aliphatic heterocycles. The van der Waals surface area contributed by atoms with Crippen molar-refractivity contribution in [2.45, 2.75) is 39.5 Å². The first kappa shape index (κ1) is 40.3. The maximum absolute atomic E-state index is 12.1. The van der Waals surface area contributed by atoms with Crippen molar-refractivity contribution in [2.75, 3.05) is 20.8 Å². The minimum absolute atomic E-state index is 0.0240. The number of para-hydroxylation sites is 1. The van der Waals surface area contributed by atoms with E-state index < -0.39 is 5.97 Å². The zero-order chi connectivity index (χ0) is 37.9. The normalized spacial score (nSPS) is 10.7. The number of hydrogen-bond acceptors (Lipinski definition) is 9. The van der Waals surface area contributed by atoms with Crippen LogP contribution in [0.25, 0.3) is 0 Å². The van der Waals surface area contributed by atoms with Gasteiger partial charge in [0.2, 0.25) is 0 Å². The van der Waals surface area contributed by atoms with Crippen LogP contribution in [0, 0.1) is 5.92 Å². The molecule has 9 nitrogen and oxygen atoms in total. The van der Waals surface area contributed by atoms with Gasteiger partial charge in [0.05, 0.1) is 32.0 Å². The summed E-state index contributed by atoms with van der Waals surface area (Å²) in [5, 5.41) is 29.1. The molecule has 0 aliphatic carbocycles. The molecule has 0 amide bonds. The molecule has 0 saturated heterocycles. The Labute approximate surface area is 305 Å². The lowest BCUT2D eigenvalue weighted by Crippen LogP contribution is -2.14. The fourth-order valence-electron chi connectivity index (χ4n) is 4.97. The third-order valence-electron chi connectivity index (χ3n) is 8.09. The Bertz CT molecular complexity index is 1770. The summed E-state index contributed by atoms with van der Waals surface area (Å²) in [5.74, 6) is 0.444. The topological polar surface area (TPSA) is 140 Å². The quantitative estimate of drug-likeness (QED) is 0.0808. The van der Waals surface area contributed by atoms with E-state index >= 15 is 0 Å². The number of phenolic OH excluding ortho intramolecular Hbond substituents is 3. The summed E-state index contributed by atoms with van der Waals surface area (Å²) in [6.45, 7) is 4.69. The molecular weight excluding hydrogens is 660 g/mol. The van der Waals surface area contributed by atoms with Crippen LogP contribution in [-0.2, 0) is 4.74 Å². The van der Waals surface area contributed by atoms with E-state index in [1.165, 1.54) is 32.4 Å². The number of methoxy groups -OCH3 is 2. The molecule has 5 aromatic carbocycles. The number of ether oxygens (including phenoxy) is 3. The van der Waals surface area contributed by atoms with E-state index in [1.54, 1.807) is 91.0 Å². The van der Waals surface area contributed by atoms with Gasteiger partial charge in [-0.3, -0.25) is 9.59 Å². The highest BCUT2D eigenvalue weighted by Crippen LogP contribution is 2.27. The van der Waals surface area contributed by atoms with E-state index in [9.17, 15) is 29.7 Å². The zero-order valence-corrected chi connectivity index (χ0v) is 30.0. The summed E-state index contributed by atoms with van der Waals surface area (Å²) in [4.78, 5) is 35.9. The molecule has 0 fully saturated rings. The smallest absolute Gasteiger partial charge is 0.341 e. The lowest BCUT2D eigenvalue weighted by Gasteiger charge is -2.14. The molecule has 0 aliphatic rings. The SMILES string of the molecule is CCCCC(CC)COC(=O)c1ccccc1O.COc1ccc(C(=O)c2ccccc2)c(O)c1.COc1ccc(C(=O)c2ccccc2)c(O)c1. The van der Waals surface area contributed by atoms with Crippen LogP contribution in [0.3, 0.4) is 0 Å². The van der Waals surface area contributed by atoms with E-state index in [-0.39, 0.29) is 45.5 Å². The first-order chi connectivity index (χ1) is 25.1. The molecule has 0 saturated carbocycles. The average Bonchev–Trinajstić information content (AvgIpc) is 3.18. The van der Waals surface area contributed by atoms with Crippen molar-refractivity contribution in [1.29, 1.82) is 0 Å². The van der Waals surface area contributed by atoms with Crippen molar-refractivity contribution in [3.8, 4) is 28.7 Å². The molecule has 0 heterocycles. The molecule has 0 bridgehead atoms. The number of aromatic hydroxyl groups is 3. The molecule has 1 atom stereocenters. The van der Waals surface area contributed by atoms with E-state index in [2.05, 4.69) is 13.8 Å². The van der Waals surface area contributed by atoms with Gasteiger partial charge in [0.1, 0.15) is 34.3 Å². The number of rotatable bonds is 13. The predicted octanol–water partition coefficient (Wildman–Crippen LogP) is 9.03. The lowest BCUT2D eigenvalue weighted by molar-refractivity contribution is 0.0424. The highest BCUT2D eigenvalue weighted by molar-refractivity contribution is 6.11. The Morgan fingerprint density at radius 1 is 0.577 bits per heavy atom. The average molecular weight is 707 g/mol. The first-order valence-corrected chi connectivity index (χ1v) is 17.0. The highest BCUT2D eigenvalue weighted by atomic mass is 16.5. The lowest BCUT2D eigenvalue weighted by atomic mass is 10.0. The molecule has 0 spiro atoms. The van der Waals surface area contributed by atoms with Gasteiger partial charge in [-0.15, -0.1) is 0 Å². The third kappa shape index (κ3) is 12.1. The molecule has 3 N–H and O–H groups in total. The van der Waals surface area contributed by atoms with Gasteiger partial charge in [0.25, 0.3) is 0 Å². The van der Waals surface area contributed by atoms with Crippen LogP contribution < -0.4 is 9.47 Å². The van der Waals surface area contributed by atoms with Gasteiger partial charge in [-0.25, -0.2) is 4.79 Å². The molecule has 0 radical (unpaired) electrons. The van der Waals surface area contributed by atoms with Crippen molar-refractivity contribution in [1.82, 2.24) is 0 Å². The molecule has 272 valence electrons. The van der Waals surface area contributed by atoms with Gasteiger partial charge in [0, 0.05) is 23.3 Å². The van der Waals surface area contributed by atoms with Crippen LogP contribution in [0.4, 0.5) is 0 Å². The largest absolute Gasteiger partial charge is 0.507 e. The van der Waals surface area contributed by atoms with Gasteiger partial charge in [-0.2, -0.15) is 0 Å². The molecule has 0 aromatic heterocycles. The van der Waals surface area contributed by atoms with E-state index in [1.807, 2.05) is 12.1 Å². The Balaban J connectivity index is 0.000000210. The number of hydrogen-bond donors (Lipinski definition) is 3. The summed E-state index contributed by atoms with van der Waals surface area (Å²) in [6.07, 6.45) is 4.41. The standard InChI is InChI=1S/C15H22O3.2C14H12O3/c1-3-5-8-12(4-2)11-18-15(17)13-9-6-7-10-14(13)16;2*1-17-11-7-8-12(13(15)9-11)14(16)10-5-3-2-4-6-10/h6-7,9-10,12,16H,3-5,8,11H2,1-2H3;2*2-9,15H,1H3. The first-order valence-electron chi connectivity index (χ1n) is 17.0. The predicted molar refractivity (Wildman–Crippen MR) is 201 cm³/mol. The van der Waals surface area contributed by atoms with Gasteiger partial charge in [-0.05, 0) is 48.7 Å². The number of esters is 1. The van der Waals surface area contributed by atoms with Crippen LogP contribution in [0.15, 0.2) is 121 Å². The Kier molecular flexibility index (Phi) is 16.4. The van der Waals surface area contributed by atoms with Crippen LogP contribution in [0.2, 0.25) is 0 Å². The molecule has 5 aromatic rings. The summed E-state index contributed by atoms with van der Waals surface area (Å²) >= 11 is 0. The zero-order valence-electron chi connectivity index (χ0n) is 30.0. The number of ketones is 2. The minimum atomic E-state index is -0.442. The number of carbonyl (C=O) groups excluding carboxylic acids is 3. The van der Waals surface area contributed by atoms with E-state index in [4.69, 9.17) is 14.2 Å². The van der Waals surface area contributed by atoms with Crippen LogP contribution in [-0.4, -0.2) is 53.7 Å². The molecule has 5 rings (SSSR count). The second-order valence-electron chi connectivity index (χ2n) is 11.7. The summed E-state index contributed by atoms with van der Waals surface area (Å²) < 4.78 is 15.2. The second kappa shape index (κ2) is 21.2. The van der Waals surface area contributed by atoms with Crippen molar-refractivity contribution in [3.63, 3.8) is 0 Å². The van der Waals surface area contributed by atoms with E-state index in [0.717, 1.165) is 25.7 Å². The van der Waals surface area contributed by atoms with Crippen molar-refractivity contribution in [3.05, 3.63) is 149 Å². The highest BCUT2D eigenvalue weighted by Gasteiger charge is 2.16. The molecular formula is C43H46O9. The van der Waals surface area contributed by atoms with Gasteiger partial charge < -0.3 is 29.5 Å². The fourth-order valence-corrected chi connectivity index (χ4v) is 4.97. The Hall–Kier alpha value is -6.09. The van der Waals surface area contributed by atoms with E-state index in [0.29, 0.717) is 35.2 Å². The van der Waals surface area contributed by atoms with Crippen molar-refractivity contribution in [2.24, 2.45) is 5.92 Å². The number of phenols is 3. The molecule has 9 heteroatoms. The second-order valence-corrected chi connectivity index (χ2v) is 11.7. The maximum Gasteiger partial charge on any atom is 0.341 e. The summed E-state index contributed by atoms with van der Waals surface area (Å²) in [5.41, 5.74) is 1.89. The Morgan fingerprint density at radius 3 is 1.44 bits per heavy atom.